The Labute approximate surface area is 81.2 Å². The van der Waals surface area contributed by atoms with Gasteiger partial charge in [0.2, 0.25) is 0 Å². The van der Waals surface area contributed by atoms with Crippen molar-refractivity contribution in [3.8, 4) is 0 Å². The highest BCUT2D eigenvalue weighted by atomic mass is 16.2. The summed E-state index contributed by atoms with van der Waals surface area (Å²) in [5.41, 5.74) is 3.21. The number of hydrogen-bond acceptors (Lipinski definition) is 1. The van der Waals surface area contributed by atoms with E-state index in [1.165, 1.54) is 30.4 Å². The van der Waals surface area contributed by atoms with Gasteiger partial charge >= 0.3 is 0 Å². The van der Waals surface area contributed by atoms with Gasteiger partial charge in [-0.2, -0.15) is 0 Å². The smallest absolute Gasteiger partial charge is 0.0615 e. The van der Waals surface area contributed by atoms with Crippen LogP contribution in [0.3, 0.4) is 0 Å². The molecule has 1 aliphatic carbocycles. The summed E-state index contributed by atoms with van der Waals surface area (Å²) in [5, 5.41) is 8.74. The Hall–Kier alpha value is -0.560. The van der Waals surface area contributed by atoms with E-state index in [9.17, 15) is 0 Å². The number of rotatable bonds is 2. The van der Waals surface area contributed by atoms with Gasteiger partial charge in [0.15, 0.2) is 0 Å². The fourth-order valence-corrected chi connectivity index (χ4v) is 2.18. The monoisotopic (exact) mass is 180 g/mol. The summed E-state index contributed by atoms with van der Waals surface area (Å²) in [6, 6.07) is 0. The lowest BCUT2D eigenvalue weighted by Crippen LogP contribution is -2.19. The molecule has 0 fully saturated rings. The molecule has 0 aromatic rings. The molecule has 1 nitrogen and oxygen atoms in total. The van der Waals surface area contributed by atoms with Crippen molar-refractivity contribution in [3.63, 3.8) is 0 Å². The van der Waals surface area contributed by atoms with Crippen molar-refractivity contribution in [2.24, 2.45) is 5.41 Å². The number of aliphatic hydroxyl groups is 1. The molecule has 1 rings (SSSR count). The maximum atomic E-state index is 8.74. The second-order valence-corrected chi connectivity index (χ2v) is 4.52. The molecule has 0 unspecified atom stereocenters. The topological polar surface area (TPSA) is 20.2 Å². The quantitative estimate of drug-likeness (QED) is 0.692. The fraction of sp³-hybridized carbons (Fsp3) is 0.667. The second kappa shape index (κ2) is 4.10. The van der Waals surface area contributed by atoms with Crippen LogP contribution in [0.4, 0.5) is 0 Å². The molecule has 0 aromatic heterocycles. The molecule has 0 aliphatic heterocycles. The van der Waals surface area contributed by atoms with Crippen molar-refractivity contribution in [3.05, 3.63) is 23.3 Å². The van der Waals surface area contributed by atoms with Gasteiger partial charge in [-0.05, 0) is 37.2 Å². The van der Waals surface area contributed by atoms with Crippen LogP contribution in [0.25, 0.3) is 0 Å². The van der Waals surface area contributed by atoms with E-state index in [4.69, 9.17) is 5.11 Å². The van der Waals surface area contributed by atoms with Crippen molar-refractivity contribution >= 4 is 0 Å². The van der Waals surface area contributed by atoms with E-state index in [1.54, 1.807) is 0 Å². The predicted molar refractivity (Wildman–Crippen MR) is 56.6 cm³/mol. The van der Waals surface area contributed by atoms with Gasteiger partial charge in [-0.15, -0.1) is 0 Å². The molecule has 0 aromatic carbocycles. The SMILES string of the molecule is CC1=C(C=CCO)C(C)(C)CCC1. The first-order chi connectivity index (χ1) is 6.08. The van der Waals surface area contributed by atoms with Gasteiger partial charge in [0.1, 0.15) is 0 Å². The molecule has 0 spiro atoms. The molecule has 1 heteroatoms. The van der Waals surface area contributed by atoms with E-state index in [2.05, 4.69) is 26.8 Å². The highest BCUT2D eigenvalue weighted by Gasteiger charge is 2.26. The molecule has 1 aliphatic rings. The Kier molecular flexibility index (Phi) is 3.32. The minimum Gasteiger partial charge on any atom is -0.392 e. The molecule has 0 atom stereocenters. The third kappa shape index (κ3) is 2.44. The van der Waals surface area contributed by atoms with Gasteiger partial charge in [0.05, 0.1) is 6.61 Å². The summed E-state index contributed by atoms with van der Waals surface area (Å²) in [4.78, 5) is 0. The van der Waals surface area contributed by atoms with Crippen molar-refractivity contribution in [1.29, 1.82) is 0 Å². The minimum absolute atomic E-state index is 0.146. The zero-order valence-corrected chi connectivity index (χ0v) is 8.93. The number of hydrogen-bond donors (Lipinski definition) is 1. The highest BCUT2D eigenvalue weighted by Crippen LogP contribution is 2.40. The van der Waals surface area contributed by atoms with Crippen molar-refractivity contribution < 1.29 is 5.11 Å². The third-order valence-corrected chi connectivity index (χ3v) is 2.93. The molecule has 0 saturated carbocycles. The van der Waals surface area contributed by atoms with Crippen LogP contribution in [0.15, 0.2) is 23.3 Å². The Morgan fingerprint density at radius 3 is 2.69 bits per heavy atom. The van der Waals surface area contributed by atoms with Crippen LogP contribution in [0.2, 0.25) is 0 Å². The summed E-state index contributed by atoms with van der Waals surface area (Å²) in [5.74, 6) is 0. The Morgan fingerprint density at radius 1 is 1.46 bits per heavy atom. The van der Waals surface area contributed by atoms with Crippen LogP contribution in [-0.4, -0.2) is 11.7 Å². The summed E-state index contributed by atoms with van der Waals surface area (Å²) < 4.78 is 0. The Morgan fingerprint density at radius 2 is 2.15 bits per heavy atom. The Balaban J connectivity index is 2.91. The highest BCUT2D eigenvalue weighted by molar-refractivity contribution is 5.32. The summed E-state index contributed by atoms with van der Waals surface area (Å²) in [6.45, 7) is 6.92. The fourth-order valence-electron chi connectivity index (χ4n) is 2.18. The first-order valence-electron chi connectivity index (χ1n) is 5.05. The van der Waals surface area contributed by atoms with Crippen LogP contribution in [0.5, 0.6) is 0 Å². The summed E-state index contributed by atoms with van der Waals surface area (Å²) in [7, 11) is 0. The largest absolute Gasteiger partial charge is 0.392 e. The first-order valence-corrected chi connectivity index (χ1v) is 5.05. The molecular formula is C12H20O. The molecule has 1 N–H and O–H groups in total. The Bertz CT molecular complexity index is 234. The van der Waals surface area contributed by atoms with Crippen molar-refractivity contribution in [2.45, 2.75) is 40.0 Å². The molecular weight excluding hydrogens is 160 g/mol. The molecule has 0 bridgehead atoms. The molecule has 13 heavy (non-hydrogen) atoms. The average molecular weight is 180 g/mol. The van der Waals surface area contributed by atoms with Crippen molar-refractivity contribution in [1.82, 2.24) is 0 Å². The van der Waals surface area contributed by atoms with Crippen LogP contribution in [-0.2, 0) is 0 Å². The van der Waals surface area contributed by atoms with Crippen LogP contribution in [0, 0.1) is 5.41 Å². The van der Waals surface area contributed by atoms with Gasteiger partial charge in [0, 0.05) is 0 Å². The van der Waals surface area contributed by atoms with Gasteiger partial charge < -0.3 is 5.11 Å². The molecule has 0 amide bonds. The lowest BCUT2D eigenvalue weighted by molar-refractivity contribution is 0.341. The van der Waals surface area contributed by atoms with E-state index < -0.39 is 0 Å². The maximum absolute atomic E-state index is 8.74. The molecule has 0 heterocycles. The first kappa shape index (κ1) is 10.5. The summed E-state index contributed by atoms with van der Waals surface area (Å²) >= 11 is 0. The van der Waals surface area contributed by atoms with Crippen LogP contribution < -0.4 is 0 Å². The molecule has 0 saturated heterocycles. The standard InChI is InChI=1S/C12H20O/c1-10-6-4-8-12(2,3)11(10)7-5-9-13/h5,7,13H,4,6,8-9H2,1-3H3. The van der Waals surface area contributed by atoms with Gasteiger partial charge in [-0.1, -0.05) is 31.6 Å². The van der Waals surface area contributed by atoms with Gasteiger partial charge in [-0.3, -0.25) is 0 Å². The molecule has 74 valence electrons. The minimum atomic E-state index is 0.146. The second-order valence-electron chi connectivity index (χ2n) is 4.52. The lowest BCUT2D eigenvalue weighted by Gasteiger charge is -2.32. The van der Waals surface area contributed by atoms with E-state index in [0.717, 1.165) is 0 Å². The van der Waals surface area contributed by atoms with Gasteiger partial charge in [-0.25, -0.2) is 0 Å². The molecule has 0 radical (unpaired) electrons. The summed E-state index contributed by atoms with van der Waals surface area (Å²) in [6.07, 6.45) is 7.71. The van der Waals surface area contributed by atoms with E-state index in [0.29, 0.717) is 5.41 Å². The average Bonchev–Trinajstić information content (AvgIpc) is 2.02. The van der Waals surface area contributed by atoms with Crippen molar-refractivity contribution in [2.75, 3.05) is 6.61 Å². The zero-order chi connectivity index (χ0) is 9.90. The predicted octanol–water partition coefficient (Wildman–Crippen LogP) is 3.06. The maximum Gasteiger partial charge on any atom is 0.0615 e. The van der Waals surface area contributed by atoms with E-state index in [1.807, 2.05) is 6.08 Å². The van der Waals surface area contributed by atoms with Gasteiger partial charge in [0.25, 0.3) is 0 Å². The van der Waals surface area contributed by atoms with E-state index in [-0.39, 0.29) is 6.61 Å². The normalized spacial score (nSPS) is 22.8. The lowest BCUT2D eigenvalue weighted by atomic mass is 9.73. The zero-order valence-electron chi connectivity index (χ0n) is 8.93. The number of aliphatic hydroxyl groups excluding tert-OH is 1. The van der Waals surface area contributed by atoms with Crippen LogP contribution in [0.1, 0.15) is 40.0 Å². The van der Waals surface area contributed by atoms with E-state index >= 15 is 0 Å². The number of allylic oxidation sites excluding steroid dienone is 3. The third-order valence-electron chi connectivity index (χ3n) is 2.93. The van der Waals surface area contributed by atoms with Crippen LogP contribution >= 0.6 is 0 Å².